The van der Waals surface area contributed by atoms with Gasteiger partial charge in [0, 0.05) is 42.5 Å². The fourth-order valence-corrected chi connectivity index (χ4v) is 7.79. The van der Waals surface area contributed by atoms with Crippen LogP contribution in [-0.4, -0.2) is 51.0 Å². The maximum absolute atomic E-state index is 13.8. The van der Waals surface area contributed by atoms with E-state index in [1.54, 1.807) is 16.9 Å². The van der Waals surface area contributed by atoms with E-state index in [1.807, 2.05) is 0 Å². The first kappa shape index (κ1) is 22.8. The molecule has 11 heteroatoms. The van der Waals surface area contributed by atoms with Crippen LogP contribution in [0.5, 0.6) is 0 Å². The number of amides is 1. The summed E-state index contributed by atoms with van der Waals surface area (Å²) in [6.45, 7) is 3.41. The molecule has 4 heterocycles. The third-order valence-corrected chi connectivity index (χ3v) is 9.82. The maximum Gasteiger partial charge on any atom is 0.416 e. The van der Waals surface area contributed by atoms with Gasteiger partial charge in [0.25, 0.3) is 5.91 Å². The van der Waals surface area contributed by atoms with Gasteiger partial charge in [-0.05, 0) is 31.0 Å². The maximum atomic E-state index is 13.8. The number of rotatable bonds is 4. The van der Waals surface area contributed by atoms with E-state index < -0.39 is 30.6 Å². The third-order valence-electron chi connectivity index (χ3n) is 6.50. The van der Waals surface area contributed by atoms with E-state index in [2.05, 4.69) is 16.7 Å². The number of pyridine rings is 1. The Morgan fingerprint density at radius 2 is 1.74 bits per heavy atom. The molecule has 0 aliphatic carbocycles. The standard InChI is InChI=1S/C23H21F4N4O2P/c1-14(24)22(32)30-12-17(13-30)31-21-18(34(33)10-2-3-11-34)8-9-28-20(21)19(29-31)15-4-6-16(7-5-15)23(25,26)27/h4-9,17H,1-3,10-13H2. The Labute approximate surface area is 192 Å². The zero-order chi connectivity index (χ0) is 24.3. The average molecular weight is 492 g/mol. The smallest absolute Gasteiger partial charge is 0.332 e. The Hall–Kier alpha value is -3.00. The molecule has 6 nitrogen and oxygen atoms in total. The summed E-state index contributed by atoms with van der Waals surface area (Å²) in [5, 5.41) is 5.33. The highest BCUT2D eigenvalue weighted by Crippen LogP contribution is 2.52. The van der Waals surface area contributed by atoms with Crippen LogP contribution in [0.15, 0.2) is 48.9 Å². The molecule has 2 aliphatic rings. The Kier molecular flexibility index (Phi) is 5.39. The summed E-state index contributed by atoms with van der Waals surface area (Å²) >= 11 is 0. The molecule has 2 fully saturated rings. The molecule has 0 bridgehead atoms. The van der Waals surface area contributed by atoms with Gasteiger partial charge in [0.15, 0.2) is 5.83 Å². The van der Waals surface area contributed by atoms with Crippen molar-refractivity contribution in [3.05, 3.63) is 54.5 Å². The van der Waals surface area contributed by atoms with E-state index in [4.69, 9.17) is 0 Å². The number of carbonyl (C=O) groups excluding carboxylic acids is 1. The van der Waals surface area contributed by atoms with E-state index in [0.29, 0.717) is 39.9 Å². The molecule has 1 aromatic carbocycles. The van der Waals surface area contributed by atoms with Crippen LogP contribution in [0.4, 0.5) is 17.6 Å². The zero-order valence-corrected chi connectivity index (χ0v) is 19.0. The van der Waals surface area contributed by atoms with Crippen LogP contribution < -0.4 is 5.30 Å². The molecule has 0 atom stereocenters. The first-order valence-corrected chi connectivity index (χ1v) is 12.9. The van der Waals surface area contributed by atoms with Crippen molar-refractivity contribution in [2.75, 3.05) is 25.4 Å². The average Bonchev–Trinajstić information content (AvgIpc) is 3.37. The van der Waals surface area contributed by atoms with Crippen molar-refractivity contribution in [2.45, 2.75) is 25.1 Å². The molecule has 0 spiro atoms. The van der Waals surface area contributed by atoms with Crippen LogP contribution in [0.25, 0.3) is 22.3 Å². The Balaban J connectivity index is 1.63. The van der Waals surface area contributed by atoms with Crippen molar-refractivity contribution >= 4 is 29.4 Å². The van der Waals surface area contributed by atoms with Gasteiger partial charge < -0.3 is 9.46 Å². The molecule has 5 rings (SSSR count). The fraction of sp³-hybridized carbons (Fsp3) is 0.348. The minimum absolute atomic E-state index is 0.184. The number of hydrogen-bond donors (Lipinski definition) is 0. The monoisotopic (exact) mass is 492 g/mol. The Morgan fingerprint density at radius 1 is 1.09 bits per heavy atom. The molecule has 3 aromatic rings. The van der Waals surface area contributed by atoms with Gasteiger partial charge in [-0.25, -0.2) is 4.39 Å². The van der Waals surface area contributed by atoms with E-state index >= 15 is 0 Å². The molecular formula is C23H21F4N4O2P. The molecule has 0 saturated carbocycles. The van der Waals surface area contributed by atoms with Crippen molar-refractivity contribution in [2.24, 2.45) is 0 Å². The summed E-state index contributed by atoms with van der Waals surface area (Å²) < 4.78 is 67.8. The van der Waals surface area contributed by atoms with Gasteiger partial charge in [-0.3, -0.25) is 14.5 Å². The number of benzene rings is 1. The van der Waals surface area contributed by atoms with Gasteiger partial charge >= 0.3 is 6.18 Å². The SMILES string of the molecule is C=C(F)C(=O)N1CC(n2nc(-c3ccc(C(F)(F)F)cc3)c3nccc(P4(=O)CCCC4)c32)C1. The van der Waals surface area contributed by atoms with Crippen LogP contribution in [0.1, 0.15) is 24.4 Å². The van der Waals surface area contributed by atoms with Crippen molar-refractivity contribution in [3.8, 4) is 11.3 Å². The molecule has 34 heavy (non-hydrogen) atoms. The summed E-state index contributed by atoms with van der Waals surface area (Å²) in [4.78, 5) is 17.7. The van der Waals surface area contributed by atoms with Crippen molar-refractivity contribution in [3.63, 3.8) is 0 Å². The highest BCUT2D eigenvalue weighted by Gasteiger charge is 2.38. The fourth-order valence-electron chi connectivity index (χ4n) is 4.69. The number of halogens is 4. The molecule has 2 saturated heterocycles. The van der Waals surface area contributed by atoms with Gasteiger partial charge in [-0.15, -0.1) is 0 Å². The lowest BCUT2D eigenvalue weighted by Gasteiger charge is -2.39. The lowest BCUT2D eigenvalue weighted by atomic mass is 10.1. The van der Waals surface area contributed by atoms with Crippen LogP contribution in [0.3, 0.4) is 0 Å². The van der Waals surface area contributed by atoms with Crippen molar-refractivity contribution < 1.29 is 26.9 Å². The Bertz CT molecular complexity index is 1330. The van der Waals surface area contributed by atoms with Crippen LogP contribution in [0.2, 0.25) is 0 Å². The summed E-state index contributed by atoms with van der Waals surface area (Å²) in [5.74, 6) is -1.84. The summed E-state index contributed by atoms with van der Waals surface area (Å²) in [6.07, 6.45) is -0.0566. The lowest BCUT2D eigenvalue weighted by Crippen LogP contribution is -2.51. The Morgan fingerprint density at radius 3 is 2.32 bits per heavy atom. The van der Waals surface area contributed by atoms with Crippen molar-refractivity contribution in [1.29, 1.82) is 0 Å². The normalized spacial score (nSPS) is 18.3. The number of fused-ring (bicyclic) bond motifs is 1. The molecular weight excluding hydrogens is 471 g/mol. The van der Waals surface area contributed by atoms with E-state index in [0.717, 1.165) is 25.0 Å². The first-order chi connectivity index (χ1) is 16.1. The summed E-state index contributed by atoms with van der Waals surface area (Å²) in [6, 6.07) is 6.06. The second kappa shape index (κ2) is 8.05. The van der Waals surface area contributed by atoms with Crippen molar-refractivity contribution in [1.82, 2.24) is 19.7 Å². The number of hydrogen-bond acceptors (Lipinski definition) is 4. The predicted molar refractivity (Wildman–Crippen MR) is 120 cm³/mol. The number of carbonyl (C=O) groups is 1. The predicted octanol–water partition coefficient (Wildman–Crippen LogP) is 4.77. The van der Waals surface area contributed by atoms with Gasteiger partial charge in [-0.2, -0.15) is 18.3 Å². The van der Waals surface area contributed by atoms with E-state index in [9.17, 15) is 26.9 Å². The second-order valence-electron chi connectivity index (χ2n) is 8.71. The van der Waals surface area contributed by atoms with Crippen LogP contribution in [-0.2, 0) is 15.5 Å². The highest BCUT2D eigenvalue weighted by atomic mass is 31.2. The van der Waals surface area contributed by atoms with Crippen LogP contribution in [0, 0.1) is 0 Å². The second-order valence-corrected chi connectivity index (χ2v) is 11.9. The summed E-state index contributed by atoms with van der Waals surface area (Å²) in [7, 11) is -2.68. The van der Waals surface area contributed by atoms with E-state index in [-0.39, 0.29) is 19.1 Å². The zero-order valence-electron chi connectivity index (χ0n) is 18.1. The quantitative estimate of drug-likeness (QED) is 0.299. The molecule has 178 valence electrons. The number of aromatic nitrogens is 3. The third kappa shape index (κ3) is 3.74. The summed E-state index contributed by atoms with van der Waals surface area (Å²) in [5.41, 5.74) is 1.05. The van der Waals surface area contributed by atoms with Gasteiger partial charge in [0.05, 0.1) is 17.1 Å². The van der Waals surface area contributed by atoms with Gasteiger partial charge in [0.1, 0.15) is 18.4 Å². The minimum atomic E-state index is -4.46. The highest BCUT2D eigenvalue weighted by molar-refractivity contribution is 7.72. The molecule has 0 radical (unpaired) electrons. The van der Waals surface area contributed by atoms with Crippen LogP contribution >= 0.6 is 7.14 Å². The number of likely N-dealkylation sites (tertiary alicyclic amines) is 1. The largest absolute Gasteiger partial charge is 0.416 e. The number of nitrogens with zero attached hydrogens (tertiary/aromatic N) is 4. The first-order valence-electron chi connectivity index (χ1n) is 10.9. The molecule has 2 aromatic heterocycles. The van der Waals surface area contributed by atoms with E-state index in [1.165, 1.54) is 17.0 Å². The van der Waals surface area contributed by atoms with Gasteiger partial charge in [0.2, 0.25) is 0 Å². The number of alkyl halides is 3. The molecule has 0 N–H and O–H groups in total. The lowest BCUT2D eigenvalue weighted by molar-refractivity contribution is -0.137. The topological polar surface area (TPSA) is 68.1 Å². The van der Waals surface area contributed by atoms with Gasteiger partial charge in [-0.1, -0.05) is 18.7 Å². The molecule has 1 amide bonds. The molecule has 2 aliphatic heterocycles. The molecule has 0 unspecified atom stereocenters. The minimum Gasteiger partial charge on any atom is -0.332 e.